The highest BCUT2D eigenvalue weighted by atomic mass is 16.5. The molecule has 7 N–H and O–H groups in total. The number of hydrogen-bond donors (Lipinski definition) is 7. The first-order valence-electron chi connectivity index (χ1n) is 9.11. The average molecular weight is 384 g/mol. The number of aliphatic hydroxyl groups excluding tert-OH is 5. The fourth-order valence-electron chi connectivity index (χ4n) is 3.40. The van der Waals surface area contributed by atoms with Crippen LogP contribution in [0.1, 0.15) is 20.3 Å². The Morgan fingerprint density at radius 3 is 1.93 bits per heavy atom. The van der Waals surface area contributed by atoms with Crippen molar-refractivity contribution in [2.45, 2.75) is 75.5 Å². The molecule has 2 heterocycles. The molecule has 9 nitrogen and oxygen atoms in total. The van der Waals surface area contributed by atoms with E-state index in [4.69, 9.17) is 9.47 Å². The standard InChI is InChI=1S/C18H28N2O7/c1-8-7-12(21)14(23)17(26-8)19-10-5-3-4-6-11(10)20-18-16(25)15(24)13(22)9(2)27-18/h3-6,8-9,12-25H,7H2,1-2H3/t8-,9-,12+,13+,14-,15+,16+,17+,18-/m0/s1. The second-order valence-electron chi connectivity index (χ2n) is 7.23. The largest absolute Gasteiger partial charge is 0.390 e. The van der Waals surface area contributed by atoms with E-state index in [2.05, 4.69) is 10.6 Å². The molecule has 2 aliphatic rings. The summed E-state index contributed by atoms with van der Waals surface area (Å²) in [5.74, 6) is 0. The third kappa shape index (κ3) is 4.35. The Labute approximate surface area is 157 Å². The SMILES string of the molecule is C[C@@H]1O[C@H](Nc2ccccc2N[C@@H]2O[C@@H](C)C[C@@H](O)[C@@H]2O)[C@H](O)[C@H](O)[C@@H]1O. The highest BCUT2D eigenvalue weighted by Gasteiger charge is 2.42. The van der Waals surface area contributed by atoms with Crippen molar-refractivity contribution in [2.75, 3.05) is 10.6 Å². The lowest BCUT2D eigenvalue weighted by Gasteiger charge is -2.40. The molecular weight excluding hydrogens is 356 g/mol. The third-order valence-electron chi connectivity index (χ3n) is 5.03. The van der Waals surface area contributed by atoms with E-state index in [9.17, 15) is 25.5 Å². The van der Waals surface area contributed by atoms with E-state index in [1.165, 1.54) is 0 Å². The van der Waals surface area contributed by atoms with Crippen LogP contribution in [0.4, 0.5) is 11.4 Å². The Balaban J connectivity index is 1.74. The van der Waals surface area contributed by atoms with Crippen LogP contribution in [0.2, 0.25) is 0 Å². The lowest BCUT2D eigenvalue weighted by atomic mass is 9.99. The van der Waals surface area contributed by atoms with Gasteiger partial charge < -0.3 is 45.6 Å². The molecular formula is C18H28N2O7. The maximum absolute atomic E-state index is 10.2. The lowest BCUT2D eigenvalue weighted by Crippen LogP contribution is -2.58. The van der Waals surface area contributed by atoms with Crippen molar-refractivity contribution in [1.29, 1.82) is 0 Å². The molecule has 2 fully saturated rings. The van der Waals surface area contributed by atoms with E-state index in [0.29, 0.717) is 17.8 Å². The molecule has 0 aliphatic carbocycles. The number of ether oxygens (including phenoxy) is 2. The molecule has 0 saturated carbocycles. The van der Waals surface area contributed by atoms with Gasteiger partial charge in [-0.1, -0.05) is 12.1 Å². The maximum atomic E-state index is 10.2. The predicted octanol–water partition coefficient (Wildman–Crippen LogP) is -0.805. The normalized spacial score (nSPS) is 42.6. The number of benzene rings is 1. The summed E-state index contributed by atoms with van der Waals surface area (Å²) >= 11 is 0. The van der Waals surface area contributed by atoms with E-state index in [1.807, 2.05) is 6.92 Å². The summed E-state index contributed by atoms with van der Waals surface area (Å²) in [6, 6.07) is 7.03. The first-order chi connectivity index (χ1) is 12.8. The van der Waals surface area contributed by atoms with Crippen LogP contribution in [0.5, 0.6) is 0 Å². The number of anilines is 2. The van der Waals surface area contributed by atoms with Gasteiger partial charge in [0.2, 0.25) is 0 Å². The summed E-state index contributed by atoms with van der Waals surface area (Å²) in [5, 5.41) is 56.2. The molecule has 9 atom stereocenters. The van der Waals surface area contributed by atoms with E-state index < -0.39 is 49.1 Å². The van der Waals surface area contributed by atoms with Crippen molar-refractivity contribution in [1.82, 2.24) is 0 Å². The van der Waals surface area contributed by atoms with Crippen molar-refractivity contribution >= 4 is 11.4 Å². The number of para-hydroxylation sites is 2. The minimum Gasteiger partial charge on any atom is -0.390 e. The monoisotopic (exact) mass is 384 g/mol. The first kappa shape index (κ1) is 20.3. The Morgan fingerprint density at radius 1 is 0.778 bits per heavy atom. The second-order valence-corrected chi connectivity index (χ2v) is 7.23. The molecule has 0 aromatic heterocycles. The minimum absolute atomic E-state index is 0.220. The molecule has 0 radical (unpaired) electrons. The first-order valence-corrected chi connectivity index (χ1v) is 9.11. The van der Waals surface area contributed by atoms with Crippen LogP contribution in [0.3, 0.4) is 0 Å². The summed E-state index contributed by atoms with van der Waals surface area (Å²) < 4.78 is 11.3. The van der Waals surface area contributed by atoms with Crippen LogP contribution in [0, 0.1) is 0 Å². The van der Waals surface area contributed by atoms with Crippen LogP contribution in [0.15, 0.2) is 24.3 Å². The highest BCUT2D eigenvalue weighted by Crippen LogP contribution is 2.29. The molecule has 0 unspecified atom stereocenters. The van der Waals surface area contributed by atoms with E-state index in [-0.39, 0.29) is 6.10 Å². The zero-order chi connectivity index (χ0) is 19.7. The van der Waals surface area contributed by atoms with Gasteiger partial charge in [0.1, 0.15) is 24.4 Å². The lowest BCUT2D eigenvalue weighted by molar-refractivity contribution is -0.209. The molecule has 1 aromatic rings. The Bertz CT molecular complexity index is 633. The molecule has 0 spiro atoms. The van der Waals surface area contributed by atoms with Crippen molar-refractivity contribution < 1.29 is 35.0 Å². The van der Waals surface area contributed by atoms with E-state index in [1.54, 1.807) is 31.2 Å². The van der Waals surface area contributed by atoms with Crippen molar-refractivity contribution in [3.8, 4) is 0 Å². The molecule has 3 rings (SSSR count). The number of rotatable bonds is 4. The third-order valence-corrected chi connectivity index (χ3v) is 5.03. The number of aliphatic hydroxyl groups is 5. The smallest absolute Gasteiger partial charge is 0.157 e. The zero-order valence-electron chi connectivity index (χ0n) is 15.3. The van der Waals surface area contributed by atoms with Crippen LogP contribution in [-0.2, 0) is 9.47 Å². The van der Waals surface area contributed by atoms with Gasteiger partial charge in [-0.15, -0.1) is 0 Å². The Morgan fingerprint density at radius 2 is 1.33 bits per heavy atom. The van der Waals surface area contributed by atoms with Crippen molar-refractivity contribution in [3.05, 3.63) is 24.3 Å². The summed E-state index contributed by atoms with van der Waals surface area (Å²) in [4.78, 5) is 0. The molecule has 1 aromatic carbocycles. The van der Waals surface area contributed by atoms with Crippen LogP contribution >= 0.6 is 0 Å². The molecule has 2 saturated heterocycles. The summed E-state index contributed by atoms with van der Waals surface area (Å²) in [6.45, 7) is 3.42. The van der Waals surface area contributed by atoms with E-state index in [0.717, 1.165) is 0 Å². The molecule has 27 heavy (non-hydrogen) atoms. The van der Waals surface area contributed by atoms with Crippen LogP contribution < -0.4 is 10.6 Å². The number of nitrogens with one attached hydrogen (secondary N) is 2. The average Bonchev–Trinajstić information content (AvgIpc) is 2.63. The molecule has 2 aliphatic heterocycles. The van der Waals surface area contributed by atoms with Crippen molar-refractivity contribution in [2.24, 2.45) is 0 Å². The topological polar surface area (TPSA) is 144 Å². The predicted molar refractivity (Wildman–Crippen MR) is 97.0 cm³/mol. The van der Waals surface area contributed by atoms with Gasteiger partial charge in [0.05, 0.1) is 29.7 Å². The van der Waals surface area contributed by atoms with E-state index >= 15 is 0 Å². The Kier molecular flexibility index (Phi) is 6.21. The van der Waals surface area contributed by atoms with Gasteiger partial charge in [-0.05, 0) is 26.0 Å². The quantitative estimate of drug-likeness (QED) is 0.355. The maximum Gasteiger partial charge on any atom is 0.157 e. The van der Waals surface area contributed by atoms with Gasteiger partial charge in [-0.25, -0.2) is 0 Å². The van der Waals surface area contributed by atoms with Gasteiger partial charge in [0.15, 0.2) is 12.5 Å². The Hall–Kier alpha value is -1.46. The van der Waals surface area contributed by atoms with Crippen LogP contribution in [0.25, 0.3) is 0 Å². The second kappa shape index (κ2) is 8.27. The summed E-state index contributed by atoms with van der Waals surface area (Å²) in [5.41, 5.74) is 1.10. The fraction of sp³-hybridized carbons (Fsp3) is 0.667. The van der Waals surface area contributed by atoms with Crippen LogP contribution in [-0.4, -0.2) is 80.7 Å². The molecule has 0 amide bonds. The van der Waals surface area contributed by atoms with Gasteiger partial charge in [-0.3, -0.25) is 0 Å². The van der Waals surface area contributed by atoms with Gasteiger partial charge in [-0.2, -0.15) is 0 Å². The fourth-order valence-corrected chi connectivity index (χ4v) is 3.40. The van der Waals surface area contributed by atoms with Gasteiger partial charge in [0.25, 0.3) is 0 Å². The molecule has 0 bridgehead atoms. The van der Waals surface area contributed by atoms with Crippen molar-refractivity contribution in [3.63, 3.8) is 0 Å². The summed E-state index contributed by atoms with van der Waals surface area (Å²) in [7, 11) is 0. The zero-order valence-corrected chi connectivity index (χ0v) is 15.3. The summed E-state index contributed by atoms with van der Waals surface area (Å²) in [6.07, 6.45) is -8.14. The molecule has 9 heteroatoms. The molecule has 152 valence electrons. The van der Waals surface area contributed by atoms with Gasteiger partial charge >= 0.3 is 0 Å². The number of hydrogen-bond acceptors (Lipinski definition) is 9. The van der Waals surface area contributed by atoms with Gasteiger partial charge in [0, 0.05) is 6.42 Å². The minimum atomic E-state index is -1.34. The highest BCUT2D eigenvalue weighted by molar-refractivity contribution is 5.69.